The molecule has 0 saturated carbocycles. The van der Waals surface area contributed by atoms with Gasteiger partial charge >= 0.3 is 7.12 Å². The normalized spacial score (nSPS) is 10.2. The van der Waals surface area contributed by atoms with E-state index < -0.39 is 7.12 Å². The van der Waals surface area contributed by atoms with Crippen LogP contribution in [0.1, 0.15) is 11.1 Å². The summed E-state index contributed by atoms with van der Waals surface area (Å²) in [6, 6.07) is 15.0. The Bertz CT molecular complexity index is 512. The molecule has 0 heterocycles. The van der Waals surface area contributed by atoms with E-state index in [1.807, 2.05) is 37.3 Å². The Morgan fingerprint density at radius 1 is 1.06 bits per heavy atom. The fourth-order valence-corrected chi connectivity index (χ4v) is 1.73. The Morgan fingerprint density at radius 3 is 2.39 bits per heavy atom. The average Bonchev–Trinajstić information content (AvgIpc) is 2.38. The van der Waals surface area contributed by atoms with Gasteiger partial charge in [0.25, 0.3) is 0 Å². The highest BCUT2D eigenvalue weighted by atomic mass is 16.5. The van der Waals surface area contributed by atoms with Crippen LogP contribution in [-0.2, 0) is 6.61 Å². The lowest BCUT2D eigenvalue weighted by molar-refractivity contribution is 0.304. The van der Waals surface area contributed by atoms with Gasteiger partial charge in [0.2, 0.25) is 0 Å². The summed E-state index contributed by atoms with van der Waals surface area (Å²) in [6.45, 7) is 2.38. The molecule has 0 radical (unpaired) electrons. The summed E-state index contributed by atoms with van der Waals surface area (Å²) in [5.74, 6) is 0.753. The van der Waals surface area contributed by atoms with Crippen LogP contribution < -0.4 is 10.2 Å². The highest BCUT2D eigenvalue weighted by Crippen LogP contribution is 2.17. The predicted octanol–water partition coefficient (Wildman–Crippen LogP) is 1.25. The number of aryl methyl sites for hydroxylation is 1. The smallest absolute Gasteiger partial charge is 0.488 e. The zero-order valence-corrected chi connectivity index (χ0v) is 10.2. The van der Waals surface area contributed by atoms with E-state index in [1.54, 1.807) is 18.2 Å². The van der Waals surface area contributed by atoms with Crippen molar-refractivity contribution >= 4 is 12.6 Å². The van der Waals surface area contributed by atoms with Crippen LogP contribution in [0.2, 0.25) is 0 Å². The minimum absolute atomic E-state index is 0.472. The van der Waals surface area contributed by atoms with E-state index in [0.29, 0.717) is 12.1 Å². The van der Waals surface area contributed by atoms with Crippen LogP contribution in [0.4, 0.5) is 0 Å². The monoisotopic (exact) mass is 242 g/mol. The molecule has 0 aliphatic heterocycles. The minimum Gasteiger partial charge on any atom is -0.489 e. The van der Waals surface area contributed by atoms with Crippen molar-refractivity contribution < 1.29 is 14.8 Å². The summed E-state index contributed by atoms with van der Waals surface area (Å²) in [4.78, 5) is 0. The molecule has 0 fully saturated rings. The lowest BCUT2D eigenvalue weighted by Crippen LogP contribution is -2.29. The van der Waals surface area contributed by atoms with E-state index in [2.05, 4.69) is 0 Å². The number of hydrogen-bond donors (Lipinski definition) is 2. The molecule has 0 atom stereocenters. The van der Waals surface area contributed by atoms with Crippen LogP contribution in [0.15, 0.2) is 48.5 Å². The average molecular weight is 242 g/mol. The summed E-state index contributed by atoms with van der Waals surface area (Å²) in [5, 5.41) is 18.1. The summed E-state index contributed by atoms with van der Waals surface area (Å²) >= 11 is 0. The van der Waals surface area contributed by atoms with E-state index in [9.17, 15) is 0 Å². The van der Waals surface area contributed by atoms with Crippen LogP contribution in [0.3, 0.4) is 0 Å². The van der Waals surface area contributed by atoms with Gasteiger partial charge in [-0.05, 0) is 29.6 Å². The van der Waals surface area contributed by atoms with Gasteiger partial charge < -0.3 is 14.8 Å². The number of hydrogen-bond acceptors (Lipinski definition) is 3. The molecule has 4 heteroatoms. The molecule has 3 nitrogen and oxygen atoms in total. The largest absolute Gasteiger partial charge is 0.489 e. The summed E-state index contributed by atoms with van der Waals surface area (Å²) in [5.41, 5.74) is 2.46. The molecule has 0 bridgehead atoms. The third-order valence-corrected chi connectivity index (χ3v) is 2.73. The third kappa shape index (κ3) is 3.12. The molecule has 2 N–H and O–H groups in total. The van der Waals surface area contributed by atoms with E-state index >= 15 is 0 Å². The van der Waals surface area contributed by atoms with Gasteiger partial charge in [0.05, 0.1) is 0 Å². The van der Waals surface area contributed by atoms with Gasteiger partial charge in [-0.2, -0.15) is 0 Å². The zero-order valence-electron chi connectivity index (χ0n) is 10.2. The van der Waals surface area contributed by atoms with Gasteiger partial charge in [0.15, 0.2) is 0 Å². The van der Waals surface area contributed by atoms with Crippen molar-refractivity contribution in [3.05, 3.63) is 59.7 Å². The Balaban J connectivity index is 2.06. The fraction of sp³-hybridized carbons (Fsp3) is 0.143. The van der Waals surface area contributed by atoms with Crippen LogP contribution in [-0.4, -0.2) is 17.2 Å². The first-order chi connectivity index (χ1) is 8.66. The number of rotatable bonds is 4. The van der Waals surface area contributed by atoms with Crippen LogP contribution in [0.5, 0.6) is 5.75 Å². The molecule has 0 aliphatic carbocycles. The van der Waals surface area contributed by atoms with Gasteiger partial charge in [-0.25, -0.2) is 0 Å². The first-order valence-electron chi connectivity index (χ1n) is 5.80. The first kappa shape index (κ1) is 12.7. The molecule has 2 aromatic rings. The van der Waals surface area contributed by atoms with Crippen molar-refractivity contribution in [2.75, 3.05) is 0 Å². The van der Waals surface area contributed by atoms with Crippen LogP contribution in [0.25, 0.3) is 0 Å². The molecule has 2 rings (SSSR count). The van der Waals surface area contributed by atoms with Crippen LogP contribution >= 0.6 is 0 Å². The maximum Gasteiger partial charge on any atom is 0.488 e. The topological polar surface area (TPSA) is 49.7 Å². The molecule has 0 unspecified atom stereocenters. The standard InChI is InChI=1S/C14H15BO3/c1-11-9-13(15(16)17)7-8-14(11)18-10-12-5-3-2-4-6-12/h2-9,16-17H,10H2,1H3. The SMILES string of the molecule is Cc1cc(B(O)O)ccc1OCc1ccccc1. The fourth-order valence-electron chi connectivity index (χ4n) is 1.73. The second-order valence-electron chi connectivity index (χ2n) is 4.17. The lowest BCUT2D eigenvalue weighted by atomic mass is 9.79. The van der Waals surface area contributed by atoms with Gasteiger partial charge in [-0.3, -0.25) is 0 Å². The van der Waals surface area contributed by atoms with Crippen molar-refractivity contribution in [1.82, 2.24) is 0 Å². The first-order valence-corrected chi connectivity index (χ1v) is 5.80. The van der Waals surface area contributed by atoms with Crippen molar-refractivity contribution in [1.29, 1.82) is 0 Å². The third-order valence-electron chi connectivity index (χ3n) is 2.73. The Morgan fingerprint density at radius 2 is 1.78 bits per heavy atom. The predicted molar refractivity (Wildman–Crippen MR) is 71.8 cm³/mol. The molecule has 0 aliphatic rings. The van der Waals surface area contributed by atoms with Crippen LogP contribution in [0, 0.1) is 6.92 Å². The van der Waals surface area contributed by atoms with Crippen molar-refractivity contribution in [2.45, 2.75) is 13.5 Å². The maximum atomic E-state index is 9.06. The van der Waals surface area contributed by atoms with Crippen molar-refractivity contribution in [3.63, 3.8) is 0 Å². The Kier molecular flexibility index (Phi) is 4.02. The summed E-state index contributed by atoms with van der Waals surface area (Å²) in [7, 11) is -1.44. The van der Waals surface area contributed by atoms with E-state index in [1.165, 1.54) is 0 Å². The zero-order chi connectivity index (χ0) is 13.0. The molecule has 0 amide bonds. The molecule has 92 valence electrons. The summed E-state index contributed by atoms with van der Waals surface area (Å²) in [6.07, 6.45) is 0. The molecular weight excluding hydrogens is 227 g/mol. The second-order valence-corrected chi connectivity index (χ2v) is 4.17. The molecule has 0 aromatic heterocycles. The molecule has 0 saturated heterocycles. The minimum atomic E-state index is -1.44. The van der Waals surface area contributed by atoms with Gasteiger partial charge in [0.1, 0.15) is 12.4 Å². The van der Waals surface area contributed by atoms with Gasteiger partial charge in [-0.1, -0.05) is 42.5 Å². The van der Waals surface area contributed by atoms with Crippen molar-refractivity contribution in [3.8, 4) is 5.75 Å². The van der Waals surface area contributed by atoms with Gasteiger partial charge in [0, 0.05) is 0 Å². The molecule has 2 aromatic carbocycles. The Hall–Kier alpha value is -1.78. The van der Waals surface area contributed by atoms with E-state index in [-0.39, 0.29) is 0 Å². The second kappa shape index (κ2) is 5.71. The number of ether oxygens (including phenoxy) is 1. The molecule has 0 spiro atoms. The van der Waals surface area contributed by atoms with Crippen molar-refractivity contribution in [2.24, 2.45) is 0 Å². The quantitative estimate of drug-likeness (QED) is 0.793. The summed E-state index contributed by atoms with van der Waals surface area (Å²) < 4.78 is 5.69. The Labute approximate surface area is 107 Å². The number of benzene rings is 2. The van der Waals surface area contributed by atoms with E-state index in [4.69, 9.17) is 14.8 Å². The highest BCUT2D eigenvalue weighted by Gasteiger charge is 2.12. The lowest BCUT2D eigenvalue weighted by Gasteiger charge is -2.10. The van der Waals surface area contributed by atoms with E-state index in [0.717, 1.165) is 16.9 Å². The van der Waals surface area contributed by atoms with Gasteiger partial charge in [-0.15, -0.1) is 0 Å². The molecule has 18 heavy (non-hydrogen) atoms. The molecular formula is C14H15BO3. The highest BCUT2D eigenvalue weighted by molar-refractivity contribution is 6.58. The maximum absolute atomic E-state index is 9.06.